The lowest BCUT2D eigenvalue weighted by molar-refractivity contribution is -0.313. The van der Waals surface area contributed by atoms with Crippen LogP contribution in [-0.4, -0.2) is 47.2 Å². The Morgan fingerprint density at radius 3 is 2.39 bits per heavy atom. The van der Waals surface area contributed by atoms with E-state index in [1.54, 1.807) is 0 Å². The Morgan fingerprint density at radius 1 is 1.00 bits per heavy atom. The smallest absolute Gasteiger partial charge is 0.164 e. The number of aliphatic hydroxyl groups excluding tert-OH is 1. The molecule has 0 aromatic heterocycles. The molecule has 6 aliphatic rings. The third kappa shape index (κ3) is 2.30. The summed E-state index contributed by atoms with van der Waals surface area (Å²) in [5, 5.41) is 12.3. The van der Waals surface area contributed by atoms with Crippen molar-refractivity contribution in [2.24, 2.45) is 34.5 Å². The van der Waals surface area contributed by atoms with E-state index in [0.717, 1.165) is 17.6 Å². The van der Waals surface area contributed by atoms with Gasteiger partial charge in [-0.15, -0.1) is 0 Å². The standard InChI is InChI=1S/C26H38O5/c1-13-11-25-14(2)9-17-18(22(17,3)4)16(19(25)27)10-15-12-28-23(5,6)30-21(15)26(25)20(13)29-24(7,8)31-26/h10-11,14,16-21,27H,9,12H2,1-8H3/t14-,16?,17-,18+,19?,20+,21-,25+,26+/m1/s1. The van der Waals surface area contributed by atoms with Crippen LogP contribution in [0.15, 0.2) is 23.3 Å². The Morgan fingerprint density at radius 2 is 1.68 bits per heavy atom. The van der Waals surface area contributed by atoms with Gasteiger partial charge in [-0.2, -0.15) is 0 Å². The first-order valence-corrected chi connectivity index (χ1v) is 12.0. The number of hydrogen-bond acceptors (Lipinski definition) is 5. The van der Waals surface area contributed by atoms with Crippen LogP contribution >= 0.6 is 0 Å². The second-order valence-corrected chi connectivity index (χ2v) is 12.7. The highest BCUT2D eigenvalue weighted by Gasteiger charge is 2.80. The lowest BCUT2D eigenvalue weighted by Crippen LogP contribution is -2.68. The van der Waals surface area contributed by atoms with Gasteiger partial charge in [0.2, 0.25) is 0 Å². The summed E-state index contributed by atoms with van der Waals surface area (Å²) in [7, 11) is 0. The maximum atomic E-state index is 12.3. The van der Waals surface area contributed by atoms with E-state index in [1.165, 1.54) is 0 Å². The van der Waals surface area contributed by atoms with Crippen molar-refractivity contribution in [2.75, 3.05) is 6.61 Å². The van der Waals surface area contributed by atoms with E-state index < -0.39 is 28.7 Å². The Hall–Kier alpha value is -0.720. The van der Waals surface area contributed by atoms with E-state index in [2.05, 4.69) is 39.8 Å². The van der Waals surface area contributed by atoms with E-state index in [-0.39, 0.29) is 29.5 Å². The predicted octanol–water partition coefficient (Wildman–Crippen LogP) is 4.20. The van der Waals surface area contributed by atoms with Gasteiger partial charge < -0.3 is 24.1 Å². The molecule has 4 fully saturated rings. The zero-order valence-corrected chi connectivity index (χ0v) is 20.2. The molecule has 9 atom stereocenters. The third-order valence-electron chi connectivity index (χ3n) is 9.71. The normalized spacial score (nSPS) is 54.9. The quantitative estimate of drug-likeness (QED) is 0.584. The molecule has 0 aromatic rings. The van der Waals surface area contributed by atoms with Gasteiger partial charge >= 0.3 is 0 Å². The number of rotatable bonds is 0. The van der Waals surface area contributed by atoms with Crippen LogP contribution in [0.3, 0.4) is 0 Å². The van der Waals surface area contributed by atoms with Crippen molar-refractivity contribution >= 4 is 0 Å². The van der Waals surface area contributed by atoms with Gasteiger partial charge in [0.25, 0.3) is 0 Å². The van der Waals surface area contributed by atoms with Crippen LogP contribution < -0.4 is 0 Å². The van der Waals surface area contributed by atoms with Crippen LogP contribution in [0.25, 0.3) is 0 Å². The van der Waals surface area contributed by atoms with Gasteiger partial charge in [0, 0.05) is 5.92 Å². The summed E-state index contributed by atoms with van der Waals surface area (Å²) in [5.41, 5.74) is 1.13. The fraction of sp³-hybridized carbons (Fsp3) is 0.846. The van der Waals surface area contributed by atoms with Crippen LogP contribution in [0.4, 0.5) is 0 Å². The summed E-state index contributed by atoms with van der Waals surface area (Å²) in [6.07, 6.45) is 4.58. The second kappa shape index (κ2) is 5.67. The molecular weight excluding hydrogens is 392 g/mol. The summed E-state index contributed by atoms with van der Waals surface area (Å²) in [6.45, 7) is 17.6. The third-order valence-corrected chi connectivity index (χ3v) is 9.71. The van der Waals surface area contributed by atoms with Gasteiger partial charge in [-0.3, -0.25) is 0 Å². The van der Waals surface area contributed by atoms with Crippen LogP contribution in [0, 0.1) is 34.5 Å². The highest BCUT2D eigenvalue weighted by Crippen LogP contribution is 2.75. The molecule has 5 nitrogen and oxygen atoms in total. The van der Waals surface area contributed by atoms with Gasteiger partial charge in [-0.25, -0.2) is 0 Å². The minimum absolute atomic E-state index is 0.0605. The molecule has 2 unspecified atom stereocenters. The first-order chi connectivity index (χ1) is 14.3. The average molecular weight is 431 g/mol. The van der Waals surface area contributed by atoms with Crippen molar-refractivity contribution in [1.82, 2.24) is 0 Å². The van der Waals surface area contributed by atoms with Gasteiger partial charge in [-0.05, 0) is 75.4 Å². The zero-order chi connectivity index (χ0) is 22.4. The average Bonchev–Trinajstić information content (AvgIpc) is 2.97. The number of hydrogen-bond donors (Lipinski definition) is 1. The Balaban J connectivity index is 1.63. The lowest BCUT2D eigenvalue weighted by Gasteiger charge is -2.55. The molecule has 2 saturated carbocycles. The Labute approximate surface area is 186 Å². The van der Waals surface area contributed by atoms with Crippen LogP contribution in [-0.2, 0) is 18.9 Å². The summed E-state index contributed by atoms with van der Waals surface area (Å²) in [4.78, 5) is 0. The molecular formula is C26H38O5. The summed E-state index contributed by atoms with van der Waals surface area (Å²) >= 11 is 0. The Bertz CT molecular complexity index is 899. The molecule has 4 aliphatic carbocycles. The second-order valence-electron chi connectivity index (χ2n) is 12.7. The van der Waals surface area contributed by atoms with Gasteiger partial charge in [0.1, 0.15) is 17.8 Å². The molecule has 2 aliphatic heterocycles. The fourth-order valence-electron chi connectivity index (χ4n) is 8.48. The molecule has 0 aromatic carbocycles. The van der Waals surface area contributed by atoms with Crippen molar-refractivity contribution in [3.05, 3.63) is 23.3 Å². The van der Waals surface area contributed by atoms with Gasteiger partial charge in [0.05, 0.1) is 18.1 Å². The molecule has 2 saturated heterocycles. The first kappa shape index (κ1) is 20.9. The largest absolute Gasteiger partial charge is 0.391 e. The van der Waals surface area contributed by atoms with Crippen molar-refractivity contribution in [2.45, 2.75) is 97.3 Å². The number of fused-ring (bicyclic) bond motifs is 4. The Kier molecular flexibility index (Phi) is 3.81. The molecule has 6 rings (SSSR count). The van der Waals surface area contributed by atoms with Crippen LogP contribution in [0.1, 0.15) is 61.8 Å². The van der Waals surface area contributed by atoms with E-state index in [0.29, 0.717) is 18.4 Å². The molecule has 0 amide bonds. The van der Waals surface area contributed by atoms with Crippen molar-refractivity contribution in [1.29, 1.82) is 0 Å². The molecule has 31 heavy (non-hydrogen) atoms. The molecule has 2 spiro atoms. The fourth-order valence-corrected chi connectivity index (χ4v) is 8.48. The monoisotopic (exact) mass is 430 g/mol. The molecule has 2 heterocycles. The zero-order valence-electron chi connectivity index (χ0n) is 20.2. The predicted molar refractivity (Wildman–Crippen MR) is 116 cm³/mol. The number of ether oxygens (including phenoxy) is 4. The van der Waals surface area contributed by atoms with Crippen molar-refractivity contribution in [3.63, 3.8) is 0 Å². The maximum Gasteiger partial charge on any atom is 0.164 e. The lowest BCUT2D eigenvalue weighted by atomic mass is 9.58. The van der Waals surface area contributed by atoms with Gasteiger partial charge in [-0.1, -0.05) is 32.9 Å². The summed E-state index contributed by atoms with van der Waals surface area (Å²) in [6, 6.07) is 0. The summed E-state index contributed by atoms with van der Waals surface area (Å²) < 4.78 is 26.4. The van der Waals surface area contributed by atoms with E-state index in [1.807, 2.05) is 27.7 Å². The summed E-state index contributed by atoms with van der Waals surface area (Å²) in [5.74, 6) is -0.105. The van der Waals surface area contributed by atoms with Crippen molar-refractivity contribution in [3.8, 4) is 0 Å². The molecule has 1 N–H and O–H groups in total. The van der Waals surface area contributed by atoms with E-state index in [9.17, 15) is 5.11 Å². The minimum Gasteiger partial charge on any atom is -0.391 e. The highest BCUT2D eigenvalue weighted by molar-refractivity contribution is 5.45. The first-order valence-electron chi connectivity index (χ1n) is 12.0. The van der Waals surface area contributed by atoms with Crippen LogP contribution in [0.2, 0.25) is 0 Å². The van der Waals surface area contributed by atoms with E-state index in [4.69, 9.17) is 18.9 Å². The van der Waals surface area contributed by atoms with Gasteiger partial charge in [0.15, 0.2) is 11.6 Å². The highest BCUT2D eigenvalue weighted by atomic mass is 16.8. The van der Waals surface area contributed by atoms with Crippen molar-refractivity contribution < 1.29 is 24.1 Å². The molecule has 172 valence electrons. The van der Waals surface area contributed by atoms with E-state index >= 15 is 0 Å². The SMILES string of the molecule is CC1=C[C@]23C(O)C(C=C4COC(C)(C)O[C@H]4[C@]24OC(C)(C)O[C@@H]14)[C@H]1[C@@H](C[C@H]3C)C1(C)C. The minimum atomic E-state index is -0.804. The molecule has 0 radical (unpaired) electrons. The van der Waals surface area contributed by atoms with Crippen LogP contribution in [0.5, 0.6) is 0 Å². The molecule has 5 heteroatoms. The maximum absolute atomic E-state index is 12.3. The number of aliphatic hydroxyl groups is 1. The topological polar surface area (TPSA) is 57.2 Å². The molecule has 2 bridgehead atoms.